The molecule has 2 atom stereocenters. The molecular formula is C12H11F4NO4. The van der Waals surface area contributed by atoms with E-state index < -0.39 is 47.1 Å². The third-order valence-electron chi connectivity index (χ3n) is 2.58. The van der Waals surface area contributed by atoms with Crippen LogP contribution in [0.1, 0.15) is 22.8 Å². The van der Waals surface area contributed by atoms with Crippen LogP contribution in [0.4, 0.5) is 17.6 Å². The zero-order chi connectivity index (χ0) is 16.4. The Hall–Kier alpha value is -2.16. The first-order chi connectivity index (χ1) is 9.55. The zero-order valence-electron chi connectivity index (χ0n) is 10.6. The molecule has 5 nitrogen and oxygen atoms in total. The van der Waals surface area contributed by atoms with Crippen molar-refractivity contribution in [2.75, 3.05) is 0 Å². The number of nitrogens with one attached hydrogen (secondary N) is 1. The summed E-state index contributed by atoms with van der Waals surface area (Å²) >= 11 is 0. The number of hydrogen-bond acceptors (Lipinski definition) is 3. The third kappa shape index (κ3) is 3.91. The monoisotopic (exact) mass is 309 g/mol. The second-order valence-corrected chi connectivity index (χ2v) is 4.19. The molecule has 0 saturated heterocycles. The Balaban J connectivity index is 3.12. The maximum absolute atomic E-state index is 13.7. The smallest absolute Gasteiger partial charge is 0.419 e. The quantitative estimate of drug-likeness (QED) is 0.734. The first kappa shape index (κ1) is 16.9. The van der Waals surface area contributed by atoms with Gasteiger partial charge in [0, 0.05) is 0 Å². The molecule has 1 rings (SSSR count). The molecule has 0 aromatic heterocycles. The van der Waals surface area contributed by atoms with Crippen molar-refractivity contribution in [2.24, 2.45) is 0 Å². The summed E-state index contributed by atoms with van der Waals surface area (Å²) in [7, 11) is 0. The molecule has 0 unspecified atom stereocenters. The number of aliphatic hydroxyl groups excluding tert-OH is 1. The van der Waals surface area contributed by atoms with Gasteiger partial charge in [0.1, 0.15) is 5.82 Å². The minimum Gasteiger partial charge on any atom is -0.480 e. The van der Waals surface area contributed by atoms with Crippen LogP contribution >= 0.6 is 0 Å². The number of carbonyl (C=O) groups is 2. The third-order valence-corrected chi connectivity index (χ3v) is 2.58. The van der Waals surface area contributed by atoms with Crippen molar-refractivity contribution in [2.45, 2.75) is 25.2 Å². The Kier molecular flexibility index (Phi) is 4.89. The van der Waals surface area contributed by atoms with Crippen molar-refractivity contribution >= 4 is 11.9 Å². The van der Waals surface area contributed by atoms with Crippen molar-refractivity contribution in [1.82, 2.24) is 5.32 Å². The van der Waals surface area contributed by atoms with Crippen molar-refractivity contribution in [3.8, 4) is 0 Å². The van der Waals surface area contributed by atoms with Gasteiger partial charge in [-0.2, -0.15) is 13.2 Å². The number of carboxylic acids is 1. The van der Waals surface area contributed by atoms with E-state index in [1.807, 2.05) is 0 Å². The van der Waals surface area contributed by atoms with Gasteiger partial charge < -0.3 is 15.5 Å². The van der Waals surface area contributed by atoms with Gasteiger partial charge in [-0.15, -0.1) is 0 Å². The number of carbonyl (C=O) groups excluding carboxylic acids is 1. The van der Waals surface area contributed by atoms with Crippen LogP contribution in [-0.4, -0.2) is 34.2 Å². The van der Waals surface area contributed by atoms with E-state index in [0.717, 1.165) is 19.1 Å². The van der Waals surface area contributed by atoms with Gasteiger partial charge in [-0.1, -0.05) is 6.07 Å². The van der Waals surface area contributed by atoms with E-state index in [-0.39, 0.29) is 0 Å². The van der Waals surface area contributed by atoms with Crippen molar-refractivity contribution in [1.29, 1.82) is 0 Å². The second-order valence-electron chi connectivity index (χ2n) is 4.19. The van der Waals surface area contributed by atoms with Crippen LogP contribution in [0.3, 0.4) is 0 Å². The van der Waals surface area contributed by atoms with Gasteiger partial charge in [0.2, 0.25) is 0 Å². The van der Waals surface area contributed by atoms with Crippen molar-refractivity contribution in [3.05, 3.63) is 35.1 Å². The minimum absolute atomic E-state index is 0.454. The average molecular weight is 309 g/mol. The Bertz CT molecular complexity index is 557. The topological polar surface area (TPSA) is 86.6 Å². The van der Waals surface area contributed by atoms with Gasteiger partial charge >= 0.3 is 12.1 Å². The van der Waals surface area contributed by atoms with Gasteiger partial charge in [-0.05, 0) is 19.1 Å². The summed E-state index contributed by atoms with van der Waals surface area (Å²) in [5, 5.41) is 19.7. The fraction of sp³-hybridized carbons (Fsp3) is 0.333. The Labute approximate surface area is 116 Å². The number of halogens is 4. The number of hydrogen-bond donors (Lipinski definition) is 3. The Morgan fingerprint density at radius 3 is 2.29 bits per heavy atom. The lowest BCUT2D eigenvalue weighted by atomic mass is 10.1. The predicted molar refractivity (Wildman–Crippen MR) is 62.0 cm³/mol. The number of carboxylic acid groups (broad SMARTS) is 1. The van der Waals surface area contributed by atoms with E-state index in [1.54, 1.807) is 5.32 Å². The lowest BCUT2D eigenvalue weighted by molar-refractivity contribution is -0.142. The molecule has 0 aliphatic heterocycles. The number of alkyl halides is 3. The Morgan fingerprint density at radius 1 is 1.29 bits per heavy atom. The van der Waals surface area contributed by atoms with Crippen molar-refractivity contribution in [3.63, 3.8) is 0 Å². The summed E-state index contributed by atoms with van der Waals surface area (Å²) in [4.78, 5) is 22.4. The molecule has 0 bridgehead atoms. The highest BCUT2D eigenvalue weighted by Gasteiger charge is 2.36. The normalized spacial score (nSPS) is 14.4. The van der Waals surface area contributed by atoms with E-state index in [4.69, 9.17) is 10.2 Å². The van der Waals surface area contributed by atoms with Crippen LogP contribution in [0.15, 0.2) is 18.2 Å². The SMILES string of the molecule is C[C@@H](O)[C@H](NC(=O)c1cccc(C(F)(F)F)c1F)C(=O)O. The standard InChI is InChI=1S/C12H11F4NO4/c1-5(18)9(11(20)21)17-10(19)6-3-2-4-7(8(6)13)12(14,15)16/h2-5,9,18H,1H3,(H,17,19)(H,20,21)/t5-,9+/m1/s1. The highest BCUT2D eigenvalue weighted by molar-refractivity contribution is 5.97. The summed E-state index contributed by atoms with van der Waals surface area (Å²) in [6.07, 6.45) is -6.50. The number of aliphatic carboxylic acids is 1. The van der Waals surface area contributed by atoms with E-state index in [0.29, 0.717) is 6.07 Å². The molecule has 0 aliphatic rings. The van der Waals surface area contributed by atoms with E-state index >= 15 is 0 Å². The number of aliphatic hydroxyl groups is 1. The zero-order valence-corrected chi connectivity index (χ0v) is 10.6. The second kappa shape index (κ2) is 6.08. The number of benzene rings is 1. The fourth-order valence-electron chi connectivity index (χ4n) is 1.53. The molecule has 0 heterocycles. The molecule has 0 spiro atoms. The predicted octanol–water partition coefficient (Wildman–Crippen LogP) is 1.41. The van der Waals surface area contributed by atoms with Gasteiger partial charge in [0.05, 0.1) is 17.2 Å². The molecular weight excluding hydrogens is 298 g/mol. The molecule has 21 heavy (non-hydrogen) atoms. The minimum atomic E-state index is -4.99. The van der Waals surface area contributed by atoms with Gasteiger partial charge in [0.25, 0.3) is 5.91 Å². The summed E-state index contributed by atoms with van der Waals surface area (Å²) in [5.74, 6) is -4.78. The molecule has 1 aromatic carbocycles. The number of rotatable bonds is 4. The van der Waals surface area contributed by atoms with Crippen LogP contribution in [0.5, 0.6) is 0 Å². The largest absolute Gasteiger partial charge is 0.480 e. The molecule has 0 aliphatic carbocycles. The molecule has 0 radical (unpaired) electrons. The van der Waals surface area contributed by atoms with E-state index in [1.165, 1.54) is 0 Å². The lowest BCUT2D eigenvalue weighted by Crippen LogP contribution is -2.47. The first-order valence-corrected chi connectivity index (χ1v) is 5.63. The molecule has 116 valence electrons. The molecule has 1 aromatic rings. The maximum Gasteiger partial charge on any atom is 0.419 e. The highest BCUT2D eigenvalue weighted by Crippen LogP contribution is 2.32. The van der Waals surface area contributed by atoms with Crippen LogP contribution in [-0.2, 0) is 11.0 Å². The lowest BCUT2D eigenvalue weighted by Gasteiger charge is -2.18. The Morgan fingerprint density at radius 2 is 1.86 bits per heavy atom. The summed E-state index contributed by atoms with van der Waals surface area (Å²) in [6.45, 7) is 1.06. The molecule has 0 fully saturated rings. The van der Waals surface area contributed by atoms with Gasteiger partial charge in [0.15, 0.2) is 6.04 Å². The molecule has 0 saturated carbocycles. The summed E-state index contributed by atoms with van der Waals surface area (Å²) in [6, 6.07) is 0.279. The van der Waals surface area contributed by atoms with Crippen LogP contribution < -0.4 is 5.32 Å². The fourth-order valence-corrected chi connectivity index (χ4v) is 1.53. The van der Waals surface area contributed by atoms with Crippen LogP contribution in [0, 0.1) is 5.82 Å². The van der Waals surface area contributed by atoms with Crippen LogP contribution in [0.25, 0.3) is 0 Å². The van der Waals surface area contributed by atoms with Gasteiger partial charge in [-0.25, -0.2) is 9.18 Å². The first-order valence-electron chi connectivity index (χ1n) is 5.63. The van der Waals surface area contributed by atoms with E-state index in [9.17, 15) is 27.2 Å². The van der Waals surface area contributed by atoms with Crippen molar-refractivity contribution < 1.29 is 37.4 Å². The van der Waals surface area contributed by atoms with Gasteiger partial charge in [-0.3, -0.25) is 4.79 Å². The van der Waals surface area contributed by atoms with Crippen LogP contribution in [0.2, 0.25) is 0 Å². The summed E-state index contributed by atoms with van der Waals surface area (Å²) < 4.78 is 51.2. The molecule has 3 N–H and O–H groups in total. The summed E-state index contributed by atoms with van der Waals surface area (Å²) in [5.41, 5.74) is -2.60. The number of amides is 1. The highest BCUT2D eigenvalue weighted by atomic mass is 19.4. The van der Waals surface area contributed by atoms with E-state index in [2.05, 4.69) is 0 Å². The molecule has 1 amide bonds. The maximum atomic E-state index is 13.7. The molecule has 9 heteroatoms. The average Bonchev–Trinajstić information content (AvgIpc) is 2.33.